The second-order valence-electron chi connectivity index (χ2n) is 11.1. The van der Waals surface area contributed by atoms with Crippen LogP contribution >= 0.6 is 11.6 Å². The van der Waals surface area contributed by atoms with Crippen molar-refractivity contribution in [2.24, 2.45) is 0 Å². The highest BCUT2D eigenvalue weighted by Crippen LogP contribution is 2.42. The minimum atomic E-state index is -0.974. The number of hydrogen-bond acceptors (Lipinski definition) is 5. The maximum absolute atomic E-state index is 13.1. The summed E-state index contributed by atoms with van der Waals surface area (Å²) in [7, 11) is 0. The molecule has 4 rings (SSSR count). The number of fused-ring (bicyclic) bond motifs is 1. The number of carbonyl (C=O) groups excluding carboxylic acids is 1. The van der Waals surface area contributed by atoms with Crippen molar-refractivity contribution in [2.45, 2.75) is 91.1 Å². The van der Waals surface area contributed by atoms with Gasteiger partial charge in [-0.15, -0.1) is 0 Å². The van der Waals surface area contributed by atoms with Crippen molar-refractivity contribution in [1.29, 1.82) is 0 Å². The van der Waals surface area contributed by atoms with Gasteiger partial charge >= 0.3 is 5.97 Å². The van der Waals surface area contributed by atoms with Crippen LogP contribution in [0.2, 0.25) is 5.02 Å². The van der Waals surface area contributed by atoms with E-state index >= 15 is 0 Å². The Morgan fingerprint density at radius 3 is 2.39 bits per heavy atom. The van der Waals surface area contributed by atoms with Crippen LogP contribution in [0.1, 0.15) is 110 Å². The summed E-state index contributed by atoms with van der Waals surface area (Å²) in [6, 6.07) is 11.0. The fraction of sp³-hybridized carbons (Fsp3) is 0.455. The number of rotatable bonds is 13. The molecule has 0 fully saturated rings. The van der Waals surface area contributed by atoms with Gasteiger partial charge in [0.05, 0.1) is 17.4 Å². The number of aryl methyl sites for hydroxylation is 1. The zero-order valence-electron chi connectivity index (χ0n) is 24.8. The van der Waals surface area contributed by atoms with Gasteiger partial charge in [-0.1, -0.05) is 69.5 Å². The Balaban J connectivity index is 0.000000389. The number of carboxylic acids is 1. The predicted molar refractivity (Wildman–Crippen MR) is 166 cm³/mol. The van der Waals surface area contributed by atoms with Crippen molar-refractivity contribution >= 4 is 29.2 Å². The van der Waals surface area contributed by atoms with Crippen LogP contribution in [0, 0.1) is 6.92 Å². The van der Waals surface area contributed by atoms with E-state index in [9.17, 15) is 9.59 Å². The van der Waals surface area contributed by atoms with Gasteiger partial charge in [-0.2, -0.15) is 0 Å². The van der Waals surface area contributed by atoms with Gasteiger partial charge in [-0.3, -0.25) is 14.7 Å². The summed E-state index contributed by atoms with van der Waals surface area (Å²) in [5, 5.41) is 12.7. The molecule has 2 N–H and O–H groups in total. The summed E-state index contributed by atoms with van der Waals surface area (Å²) in [6.07, 6.45) is 15.7. The van der Waals surface area contributed by atoms with Gasteiger partial charge in [0.1, 0.15) is 0 Å². The number of nitrogens with zero attached hydrogens (tertiary/aromatic N) is 3. The molecular weight excluding hydrogens is 536 g/mol. The number of pyridine rings is 2. The van der Waals surface area contributed by atoms with Gasteiger partial charge in [-0.25, -0.2) is 9.78 Å². The smallest absolute Gasteiger partial charge is 0.354 e. The van der Waals surface area contributed by atoms with Gasteiger partial charge in [0, 0.05) is 29.5 Å². The number of carbonyl (C=O) groups is 2. The SMILES string of the molecule is CCCCCCCCCCNCc1cncc(N2C(=O)c3ccc(Cl)cc3C2(C)C)c1.Cc1cccnc1C(=O)O. The van der Waals surface area contributed by atoms with E-state index in [1.54, 1.807) is 31.3 Å². The van der Waals surface area contributed by atoms with Crippen LogP contribution in [-0.4, -0.2) is 33.5 Å². The molecule has 41 heavy (non-hydrogen) atoms. The Morgan fingerprint density at radius 2 is 1.73 bits per heavy atom. The summed E-state index contributed by atoms with van der Waals surface area (Å²) >= 11 is 6.20. The fourth-order valence-corrected chi connectivity index (χ4v) is 5.34. The summed E-state index contributed by atoms with van der Waals surface area (Å²) in [4.78, 5) is 33.4. The van der Waals surface area contributed by atoms with Gasteiger partial charge in [0.15, 0.2) is 5.69 Å². The Bertz CT molecular complexity index is 1310. The van der Waals surface area contributed by atoms with Gasteiger partial charge in [0.25, 0.3) is 5.91 Å². The van der Waals surface area contributed by atoms with E-state index < -0.39 is 11.5 Å². The molecule has 0 aliphatic carbocycles. The number of nitrogens with one attached hydrogen (secondary N) is 1. The van der Waals surface area contributed by atoms with Crippen LogP contribution in [0.3, 0.4) is 0 Å². The third-order valence-corrected chi connectivity index (χ3v) is 7.66. The second-order valence-corrected chi connectivity index (χ2v) is 11.5. The van der Waals surface area contributed by atoms with E-state index in [0.29, 0.717) is 16.1 Å². The van der Waals surface area contributed by atoms with Crippen molar-refractivity contribution in [3.05, 3.63) is 88.0 Å². The van der Waals surface area contributed by atoms with Crippen molar-refractivity contribution in [2.75, 3.05) is 11.4 Å². The Kier molecular flexibility index (Phi) is 12.3. The lowest BCUT2D eigenvalue weighted by atomic mass is 9.93. The third kappa shape index (κ3) is 8.85. The highest BCUT2D eigenvalue weighted by molar-refractivity contribution is 6.31. The number of aromatic carboxylic acids is 1. The average Bonchev–Trinajstić information content (AvgIpc) is 3.14. The van der Waals surface area contributed by atoms with Crippen LogP contribution in [0.5, 0.6) is 0 Å². The number of aromatic nitrogens is 2. The molecule has 1 aliphatic rings. The molecule has 1 aliphatic heterocycles. The summed E-state index contributed by atoms with van der Waals surface area (Å²) in [5.74, 6) is -0.972. The number of amides is 1. The zero-order valence-corrected chi connectivity index (χ0v) is 25.5. The van der Waals surface area contributed by atoms with Crippen molar-refractivity contribution in [1.82, 2.24) is 15.3 Å². The Hall–Kier alpha value is -3.29. The second kappa shape index (κ2) is 15.6. The highest BCUT2D eigenvalue weighted by atomic mass is 35.5. The Labute approximate surface area is 249 Å². The minimum Gasteiger partial charge on any atom is -0.477 e. The first-order valence-corrected chi connectivity index (χ1v) is 15.0. The molecule has 0 spiro atoms. The topological polar surface area (TPSA) is 95.4 Å². The number of unbranched alkanes of at least 4 members (excludes halogenated alkanes) is 7. The van der Waals surface area contributed by atoms with Crippen molar-refractivity contribution in [3.63, 3.8) is 0 Å². The molecule has 2 aromatic heterocycles. The molecule has 8 heteroatoms. The molecule has 7 nitrogen and oxygen atoms in total. The van der Waals surface area contributed by atoms with E-state index in [1.807, 2.05) is 23.2 Å². The van der Waals surface area contributed by atoms with Crippen LogP contribution < -0.4 is 10.2 Å². The zero-order chi connectivity index (χ0) is 29.8. The molecule has 0 atom stereocenters. The van der Waals surface area contributed by atoms with E-state index in [-0.39, 0.29) is 11.6 Å². The lowest BCUT2D eigenvalue weighted by Gasteiger charge is -2.32. The van der Waals surface area contributed by atoms with Gasteiger partial charge < -0.3 is 10.4 Å². The van der Waals surface area contributed by atoms with Crippen LogP contribution in [0.25, 0.3) is 0 Å². The summed E-state index contributed by atoms with van der Waals surface area (Å²) < 4.78 is 0. The number of halogens is 1. The van der Waals surface area contributed by atoms with E-state index in [0.717, 1.165) is 29.9 Å². The van der Waals surface area contributed by atoms with E-state index in [1.165, 1.54) is 57.6 Å². The number of hydrogen-bond donors (Lipinski definition) is 2. The van der Waals surface area contributed by atoms with Crippen LogP contribution in [0.4, 0.5) is 5.69 Å². The monoisotopic (exact) mass is 578 g/mol. The van der Waals surface area contributed by atoms with E-state index in [2.05, 4.69) is 42.1 Å². The highest BCUT2D eigenvalue weighted by Gasteiger charge is 2.44. The van der Waals surface area contributed by atoms with Crippen LogP contribution in [-0.2, 0) is 12.1 Å². The third-order valence-electron chi connectivity index (χ3n) is 7.42. The lowest BCUT2D eigenvalue weighted by molar-refractivity contribution is 0.0689. The maximum atomic E-state index is 13.1. The number of carboxylic acid groups (broad SMARTS) is 1. The van der Waals surface area contributed by atoms with Gasteiger partial charge in [-0.05, 0) is 80.8 Å². The normalized spacial score (nSPS) is 13.5. The number of benzene rings is 1. The largest absolute Gasteiger partial charge is 0.477 e. The van der Waals surface area contributed by atoms with E-state index in [4.69, 9.17) is 16.7 Å². The molecule has 0 saturated carbocycles. The molecule has 1 amide bonds. The summed E-state index contributed by atoms with van der Waals surface area (Å²) in [6.45, 7) is 9.86. The first kappa shape index (κ1) is 32.2. The standard InChI is InChI=1S/C26H36ClN3O.C7H7NO2/c1-4-5-6-7-8-9-10-11-14-28-17-20-15-22(19-29-18-20)30-25(31)23-13-12-21(27)16-24(23)26(30,2)3;1-5-3-2-4-8-6(5)7(9)10/h12-13,15-16,18-19,28H,4-11,14,17H2,1-3H3;2-4H,1H3,(H,9,10). The Morgan fingerprint density at radius 1 is 1.02 bits per heavy atom. The summed E-state index contributed by atoms with van der Waals surface area (Å²) in [5.41, 5.74) is 3.94. The molecule has 0 radical (unpaired) electrons. The molecular formula is C33H43ClN4O3. The predicted octanol–water partition coefficient (Wildman–Crippen LogP) is 7.95. The number of anilines is 1. The molecule has 0 bridgehead atoms. The average molecular weight is 579 g/mol. The van der Waals surface area contributed by atoms with Gasteiger partial charge in [0.2, 0.25) is 0 Å². The molecule has 1 aromatic carbocycles. The van der Waals surface area contributed by atoms with Crippen molar-refractivity contribution in [3.8, 4) is 0 Å². The van der Waals surface area contributed by atoms with Crippen LogP contribution in [0.15, 0.2) is 55.0 Å². The quantitative estimate of drug-likeness (QED) is 0.200. The molecule has 3 aromatic rings. The lowest BCUT2D eigenvalue weighted by Crippen LogP contribution is -2.39. The molecule has 3 heterocycles. The molecule has 0 unspecified atom stereocenters. The maximum Gasteiger partial charge on any atom is 0.354 e. The fourth-order valence-electron chi connectivity index (χ4n) is 5.16. The molecule has 0 saturated heterocycles. The minimum absolute atomic E-state index is 0.00233. The first-order valence-electron chi connectivity index (χ1n) is 14.6. The van der Waals surface area contributed by atoms with Crippen molar-refractivity contribution < 1.29 is 14.7 Å². The first-order chi connectivity index (χ1) is 19.7. The molecule has 220 valence electrons.